The fourth-order valence-electron chi connectivity index (χ4n) is 27.7. The second kappa shape index (κ2) is 33.3. The molecule has 0 aliphatic heterocycles. The summed E-state index contributed by atoms with van der Waals surface area (Å²) in [6.45, 7) is 35.9. The number of hydrogen-bond acceptors (Lipinski definition) is 15. The van der Waals surface area contributed by atoms with Gasteiger partial charge in [0, 0.05) is 37.0 Å². The van der Waals surface area contributed by atoms with E-state index in [0.717, 1.165) is 113 Å². The lowest BCUT2D eigenvalue weighted by Crippen LogP contribution is -2.54. The van der Waals surface area contributed by atoms with Crippen LogP contribution in [0.4, 0.5) is 0 Å². The van der Waals surface area contributed by atoms with Gasteiger partial charge in [-0.2, -0.15) is 0 Å². The zero-order valence-corrected chi connectivity index (χ0v) is 68.8. The Labute approximate surface area is 634 Å². The van der Waals surface area contributed by atoms with E-state index in [1.165, 1.54) is 96.3 Å². The van der Waals surface area contributed by atoms with E-state index in [2.05, 4.69) is 41.5 Å². The summed E-state index contributed by atoms with van der Waals surface area (Å²) in [6, 6.07) is -1.02. The van der Waals surface area contributed by atoms with Gasteiger partial charge in [-0.15, -0.1) is 0 Å². The van der Waals surface area contributed by atoms with Gasteiger partial charge < -0.3 is 31.4 Å². The first-order valence-electron chi connectivity index (χ1n) is 43.2. The number of Topliss-reactive ketones (excluding diaryl/α,β-unsaturated/α-hetero) is 6. The Morgan fingerprint density at radius 3 is 0.971 bits per heavy atom. The molecule has 15 heteroatoms. The molecular weight excluding hydrogens is 1310 g/mol. The quantitative estimate of drug-likeness (QED) is 0.0672. The molecule has 0 aromatic carbocycles. The molecule has 0 spiro atoms. The summed E-state index contributed by atoms with van der Waals surface area (Å²) in [4.78, 5) is 113. The molecule has 0 aromatic heterocycles. The minimum atomic E-state index is -0.525. The molecule has 594 valence electrons. The van der Waals surface area contributed by atoms with Crippen molar-refractivity contribution in [1.29, 1.82) is 0 Å². The molecule has 12 aliphatic carbocycles. The van der Waals surface area contributed by atoms with Gasteiger partial charge in [-0.3, -0.25) is 43.2 Å². The number of nitrogens with two attached hydrogens (primary N) is 3. The molecule has 12 rings (SSSR count). The van der Waals surface area contributed by atoms with Crippen LogP contribution in [-0.4, -0.2) is 89.5 Å². The zero-order chi connectivity index (χ0) is 77.0. The van der Waals surface area contributed by atoms with Gasteiger partial charge in [0.1, 0.15) is 47.2 Å². The molecule has 6 N–H and O–H groups in total. The average molecular weight is 1460 g/mol. The predicted octanol–water partition coefficient (Wildman–Crippen LogP) is 17.2. The van der Waals surface area contributed by atoms with E-state index in [4.69, 9.17) is 31.4 Å². The maximum atomic E-state index is 13.3. The van der Waals surface area contributed by atoms with Crippen LogP contribution in [0.1, 0.15) is 317 Å². The van der Waals surface area contributed by atoms with Gasteiger partial charge in [-0.05, 0) is 321 Å². The van der Waals surface area contributed by atoms with Crippen molar-refractivity contribution in [2.45, 2.75) is 347 Å². The Morgan fingerprint density at radius 2 is 0.657 bits per heavy atom. The van der Waals surface area contributed by atoms with Gasteiger partial charge in [-0.25, -0.2) is 0 Å². The maximum Gasteiger partial charge on any atom is 0.309 e. The van der Waals surface area contributed by atoms with E-state index in [9.17, 15) is 43.2 Å². The molecule has 0 saturated heterocycles. The molecule has 0 bridgehead atoms. The largest absolute Gasteiger partial charge is 0.462 e. The molecule has 15 nitrogen and oxygen atoms in total. The molecule has 0 aromatic rings. The number of ether oxygens (including phenoxy) is 3. The van der Waals surface area contributed by atoms with E-state index in [-0.39, 0.29) is 143 Å². The molecule has 4 unspecified atom stereocenters. The molecule has 12 aliphatic rings. The SMILES string of the molecule is CC(=O)[C@H]1CC[C@H]2[C@@H]3CC[C@H]4C[C@H](OC(=O)C(CC(=O)C(N)C(C)C)C(C)C)CC[C@]4(C)[C@H]3CC[C@]12C.CC(=O)[C@H]1CC[C@H]2[C@@H]3CC[C@H]4C[C@H](OC(=O)C(CC(=O)CN)C(C)C)CC[C@]4(C)[C@H]3CC[C@]12C.CC(=O)[C@H]1CC[C@H]2[C@@H]3CC[C@H]4C[C@H](OC(=O)CCC(=O)C(N)C(C)C)CC[C@]4(C)[C@H]3CC[C@]12C. The number of hydrogen-bond donors (Lipinski definition) is 3. The molecule has 0 amide bonds. The highest BCUT2D eigenvalue weighted by Crippen LogP contribution is 2.71. The van der Waals surface area contributed by atoms with Gasteiger partial charge in [-0.1, -0.05) is 96.9 Å². The highest BCUT2D eigenvalue weighted by atomic mass is 16.6. The Bertz CT molecular complexity index is 3140. The van der Waals surface area contributed by atoms with E-state index in [0.29, 0.717) is 69.1 Å². The molecule has 12 fully saturated rings. The number of ketones is 6. The summed E-state index contributed by atoms with van der Waals surface area (Å²) in [7, 11) is 0. The summed E-state index contributed by atoms with van der Waals surface area (Å²) in [5.74, 6) is 8.90. The van der Waals surface area contributed by atoms with Crippen LogP contribution in [-0.2, 0) is 57.4 Å². The van der Waals surface area contributed by atoms with E-state index in [1.54, 1.807) is 13.8 Å². The lowest BCUT2D eigenvalue weighted by molar-refractivity contribution is -0.169. The first kappa shape index (κ1) is 83.8. The fraction of sp³-hybridized carbons (Fsp3) is 0.900. The lowest BCUT2D eigenvalue weighted by atomic mass is 9.44. The summed E-state index contributed by atoms with van der Waals surface area (Å²) in [5, 5.41) is 0. The minimum Gasteiger partial charge on any atom is -0.462 e. The minimum absolute atomic E-state index is 0.0153. The number of esters is 3. The molecule has 0 heterocycles. The van der Waals surface area contributed by atoms with Gasteiger partial charge >= 0.3 is 17.9 Å². The second-order valence-electron chi connectivity index (χ2n) is 40.7. The highest BCUT2D eigenvalue weighted by Gasteiger charge is 2.65. The standard InChI is InChI=1S/C32H53NO4.2C29H47NO4/c1-18(2)24(17-28(35)29(33)19(3)4)30(36)37-22-12-14-31(6)21(16-22)8-9-23-26-11-10-25(20(5)34)32(26,7)15-13-27(23)31;1-17(2)23(15-20(32)16-30)27(33)34-21-10-12-28(4)19(14-21)6-7-22-25-9-8-24(18(3)31)29(25,5)13-11-26(22)28;1-17(2)27(30)25(32)10-11-26(33)34-20-12-14-28(4)19(16-20)6-7-21-23-9-8-22(18(3)31)29(23,5)15-13-24(21)28/h18-19,21-27,29H,8-17,33H2,1-7H3;17,19,21-26H,6-16,30H2,1-5H3;17,19-24,27H,6-16,30H2,1-5H3/t21-,22+,23-,24?,25+,26-,27-,29?,31-,32+;19-,21+,22-,23?,24+,25-,26-,28-,29+;19-,20+,21-,22+,23-,24-,27?,28-,29+/m000/s1. The normalized spacial score (nSPS) is 41.8. The Balaban J connectivity index is 0.000000169. The molecular formula is C90H147N3O12. The van der Waals surface area contributed by atoms with Gasteiger partial charge in [0.25, 0.3) is 0 Å². The van der Waals surface area contributed by atoms with E-state index < -0.39 is 23.9 Å². The summed E-state index contributed by atoms with van der Waals surface area (Å²) in [5.41, 5.74) is 19.0. The monoisotopic (exact) mass is 1460 g/mol. The third kappa shape index (κ3) is 16.6. The molecule has 12 saturated carbocycles. The summed E-state index contributed by atoms with van der Waals surface area (Å²) in [6.07, 6.45) is 31.2. The third-order valence-electron chi connectivity index (χ3n) is 34.3. The van der Waals surface area contributed by atoms with Gasteiger partial charge in [0.15, 0.2) is 5.78 Å². The number of carbonyl (C=O) groups is 9. The first-order chi connectivity index (χ1) is 49.3. The smallest absolute Gasteiger partial charge is 0.309 e. The Hall–Kier alpha value is -3.69. The maximum absolute atomic E-state index is 13.3. The van der Waals surface area contributed by atoms with Gasteiger partial charge in [0.05, 0.1) is 36.9 Å². The number of carbonyl (C=O) groups excluding carboxylic acids is 9. The fourth-order valence-corrected chi connectivity index (χ4v) is 27.7. The van der Waals surface area contributed by atoms with Crippen LogP contribution >= 0.6 is 0 Å². The Kier molecular flexibility index (Phi) is 26.6. The molecule has 28 atom stereocenters. The molecule has 105 heavy (non-hydrogen) atoms. The van der Waals surface area contributed by atoms with Crippen molar-refractivity contribution in [3.63, 3.8) is 0 Å². The third-order valence-corrected chi connectivity index (χ3v) is 34.3. The van der Waals surface area contributed by atoms with Crippen LogP contribution in [0.2, 0.25) is 0 Å². The lowest BCUT2D eigenvalue weighted by Gasteiger charge is -2.61. The second-order valence-corrected chi connectivity index (χ2v) is 40.7. The number of fused-ring (bicyclic) bond motifs is 15. The average Bonchev–Trinajstić information content (AvgIpc) is 1.67. The van der Waals surface area contributed by atoms with Gasteiger partial charge in [0.2, 0.25) is 0 Å². The summed E-state index contributed by atoms with van der Waals surface area (Å²) >= 11 is 0. The van der Waals surface area contributed by atoms with Crippen LogP contribution in [0.3, 0.4) is 0 Å². The van der Waals surface area contributed by atoms with Crippen molar-refractivity contribution < 1.29 is 57.4 Å². The van der Waals surface area contributed by atoms with E-state index in [1.807, 2.05) is 62.3 Å². The van der Waals surface area contributed by atoms with E-state index >= 15 is 0 Å². The van der Waals surface area contributed by atoms with Crippen LogP contribution in [0.25, 0.3) is 0 Å². The van der Waals surface area contributed by atoms with Crippen molar-refractivity contribution >= 4 is 52.6 Å². The van der Waals surface area contributed by atoms with Crippen molar-refractivity contribution in [3.8, 4) is 0 Å². The van der Waals surface area contributed by atoms with Crippen molar-refractivity contribution in [2.24, 2.45) is 174 Å². The van der Waals surface area contributed by atoms with Crippen molar-refractivity contribution in [2.75, 3.05) is 6.54 Å². The molecule has 0 radical (unpaired) electrons. The summed E-state index contributed by atoms with van der Waals surface area (Å²) < 4.78 is 18.1. The number of rotatable bonds is 22. The Morgan fingerprint density at radius 1 is 0.352 bits per heavy atom. The predicted molar refractivity (Wildman–Crippen MR) is 412 cm³/mol. The van der Waals surface area contributed by atoms with Crippen LogP contribution in [0.5, 0.6) is 0 Å². The topological polar surface area (TPSA) is 259 Å². The highest BCUT2D eigenvalue weighted by molar-refractivity contribution is 5.89. The van der Waals surface area contributed by atoms with Crippen LogP contribution < -0.4 is 17.2 Å². The van der Waals surface area contributed by atoms with Crippen LogP contribution in [0, 0.1) is 157 Å². The van der Waals surface area contributed by atoms with Crippen molar-refractivity contribution in [1.82, 2.24) is 0 Å². The first-order valence-corrected chi connectivity index (χ1v) is 43.2. The zero-order valence-electron chi connectivity index (χ0n) is 68.8. The van der Waals surface area contributed by atoms with Crippen molar-refractivity contribution in [3.05, 3.63) is 0 Å². The van der Waals surface area contributed by atoms with Crippen LogP contribution in [0.15, 0.2) is 0 Å².